The summed E-state index contributed by atoms with van der Waals surface area (Å²) >= 11 is 0. The summed E-state index contributed by atoms with van der Waals surface area (Å²) in [7, 11) is 1.61. The standard InChI is InChI=1S/C19H19N5O2/c1-26-16-5-4-12(8-13(16)11-24-6-2-3-7-24)17-14(9-20)18(22)23-19(25)15(17)10-21/h4-5,8H,2-3,6-7,11H2,1H3,(H3,22,23,25). The molecule has 1 aromatic carbocycles. The van der Waals surface area contributed by atoms with Crippen LogP contribution in [0, 0.1) is 22.7 Å². The van der Waals surface area contributed by atoms with E-state index in [-0.39, 0.29) is 22.5 Å². The molecule has 0 radical (unpaired) electrons. The van der Waals surface area contributed by atoms with Crippen LogP contribution in [0.25, 0.3) is 11.1 Å². The minimum Gasteiger partial charge on any atom is -0.496 e. The summed E-state index contributed by atoms with van der Waals surface area (Å²) < 4.78 is 5.46. The van der Waals surface area contributed by atoms with Crippen LogP contribution in [0.1, 0.15) is 29.5 Å². The Morgan fingerprint density at radius 2 is 1.92 bits per heavy atom. The van der Waals surface area contributed by atoms with Gasteiger partial charge in [-0.2, -0.15) is 10.5 Å². The molecule has 0 bridgehead atoms. The molecule has 7 nitrogen and oxygen atoms in total. The molecule has 1 fully saturated rings. The van der Waals surface area contributed by atoms with Gasteiger partial charge in [0.05, 0.1) is 7.11 Å². The molecule has 0 unspecified atom stereocenters. The molecule has 7 heteroatoms. The van der Waals surface area contributed by atoms with Crippen molar-refractivity contribution in [2.75, 3.05) is 25.9 Å². The van der Waals surface area contributed by atoms with Crippen LogP contribution in [0.4, 0.5) is 5.82 Å². The molecule has 132 valence electrons. The highest BCUT2D eigenvalue weighted by atomic mass is 16.5. The number of hydrogen-bond acceptors (Lipinski definition) is 6. The fraction of sp³-hybridized carbons (Fsp3) is 0.316. The lowest BCUT2D eigenvalue weighted by Crippen LogP contribution is -2.19. The average Bonchev–Trinajstić information content (AvgIpc) is 3.14. The number of aromatic nitrogens is 1. The number of nitrogens with two attached hydrogens (primary N) is 1. The number of methoxy groups -OCH3 is 1. The van der Waals surface area contributed by atoms with E-state index in [0.29, 0.717) is 12.1 Å². The summed E-state index contributed by atoms with van der Waals surface area (Å²) in [6, 6.07) is 9.29. The van der Waals surface area contributed by atoms with Crippen molar-refractivity contribution in [2.45, 2.75) is 19.4 Å². The largest absolute Gasteiger partial charge is 0.496 e. The summed E-state index contributed by atoms with van der Waals surface area (Å²) in [6.07, 6.45) is 2.34. The summed E-state index contributed by atoms with van der Waals surface area (Å²) in [4.78, 5) is 16.8. The Kier molecular flexibility index (Phi) is 4.92. The van der Waals surface area contributed by atoms with Crippen LogP contribution in [-0.2, 0) is 6.54 Å². The first-order chi connectivity index (χ1) is 12.6. The van der Waals surface area contributed by atoms with Crippen molar-refractivity contribution < 1.29 is 4.74 Å². The number of likely N-dealkylation sites (tertiary alicyclic amines) is 1. The summed E-state index contributed by atoms with van der Waals surface area (Å²) in [6.45, 7) is 2.76. The van der Waals surface area contributed by atoms with Gasteiger partial charge in [0.15, 0.2) is 0 Å². The van der Waals surface area contributed by atoms with E-state index in [4.69, 9.17) is 10.5 Å². The Labute approximate surface area is 151 Å². The zero-order valence-corrected chi connectivity index (χ0v) is 14.5. The van der Waals surface area contributed by atoms with E-state index in [9.17, 15) is 15.3 Å². The molecule has 1 saturated heterocycles. The number of nitrogen functional groups attached to an aromatic ring is 1. The lowest BCUT2D eigenvalue weighted by Gasteiger charge is -2.18. The van der Waals surface area contributed by atoms with Gasteiger partial charge in [0, 0.05) is 17.7 Å². The zero-order valence-electron chi connectivity index (χ0n) is 14.5. The van der Waals surface area contributed by atoms with Crippen LogP contribution in [0.15, 0.2) is 23.0 Å². The molecule has 0 spiro atoms. The molecule has 0 atom stereocenters. The molecule has 3 N–H and O–H groups in total. The number of rotatable bonds is 4. The predicted molar refractivity (Wildman–Crippen MR) is 97.4 cm³/mol. The minimum atomic E-state index is -0.601. The molecule has 1 aromatic heterocycles. The van der Waals surface area contributed by atoms with Crippen molar-refractivity contribution in [1.82, 2.24) is 9.88 Å². The van der Waals surface area contributed by atoms with Crippen molar-refractivity contribution in [1.29, 1.82) is 10.5 Å². The molecule has 1 aliphatic heterocycles. The number of pyridine rings is 1. The van der Waals surface area contributed by atoms with Crippen LogP contribution < -0.4 is 16.0 Å². The van der Waals surface area contributed by atoms with E-state index in [1.54, 1.807) is 19.2 Å². The fourth-order valence-electron chi connectivity index (χ4n) is 3.37. The van der Waals surface area contributed by atoms with Crippen molar-refractivity contribution in [3.63, 3.8) is 0 Å². The first-order valence-corrected chi connectivity index (χ1v) is 8.34. The van der Waals surface area contributed by atoms with Crippen LogP contribution in [0.2, 0.25) is 0 Å². The predicted octanol–water partition coefficient (Wildman–Crippen LogP) is 1.97. The molecule has 2 aromatic rings. The maximum absolute atomic E-state index is 12.1. The molecular formula is C19H19N5O2. The van der Waals surface area contributed by atoms with Crippen molar-refractivity contribution in [3.05, 3.63) is 45.2 Å². The smallest absolute Gasteiger partial charge is 0.268 e. The monoisotopic (exact) mass is 349 g/mol. The van der Waals surface area contributed by atoms with Crippen LogP contribution in [-0.4, -0.2) is 30.1 Å². The number of H-pyrrole nitrogens is 1. The third-order valence-electron chi connectivity index (χ3n) is 4.63. The highest BCUT2D eigenvalue weighted by Gasteiger charge is 2.20. The van der Waals surface area contributed by atoms with E-state index in [0.717, 1.165) is 24.4 Å². The molecule has 3 rings (SSSR count). The van der Waals surface area contributed by atoms with E-state index in [1.165, 1.54) is 12.8 Å². The number of hydrogen-bond donors (Lipinski definition) is 2. The Balaban J connectivity index is 2.17. The molecule has 2 heterocycles. The van der Waals surface area contributed by atoms with Gasteiger partial charge in [-0.15, -0.1) is 0 Å². The summed E-state index contributed by atoms with van der Waals surface area (Å²) in [5, 5.41) is 18.9. The fourth-order valence-corrected chi connectivity index (χ4v) is 3.37. The van der Waals surface area contributed by atoms with E-state index in [2.05, 4.69) is 9.88 Å². The van der Waals surface area contributed by atoms with Gasteiger partial charge in [0.1, 0.15) is 34.8 Å². The number of benzene rings is 1. The van der Waals surface area contributed by atoms with E-state index in [1.807, 2.05) is 18.2 Å². The first-order valence-electron chi connectivity index (χ1n) is 8.34. The van der Waals surface area contributed by atoms with Gasteiger partial charge in [-0.05, 0) is 43.6 Å². The SMILES string of the molecule is COc1ccc(-c2c(C#N)c(N)[nH]c(=O)c2C#N)cc1CN1CCCC1. The highest BCUT2D eigenvalue weighted by molar-refractivity contribution is 5.80. The minimum absolute atomic E-state index is 0.0385. The van der Waals surface area contributed by atoms with E-state index < -0.39 is 5.56 Å². The van der Waals surface area contributed by atoms with Crippen molar-refractivity contribution >= 4 is 5.82 Å². The average molecular weight is 349 g/mol. The van der Waals surface area contributed by atoms with E-state index >= 15 is 0 Å². The van der Waals surface area contributed by atoms with Crippen LogP contribution in [0.5, 0.6) is 5.75 Å². The quantitative estimate of drug-likeness (QED) is 0.871. The van der Waals surface area contributed by atoms with Gasteiger partial charge >= 0.3 is 0 Å². The molecule has 26 heavy (non-hydrogen) atoms. The molecule has 1 aliphatic rings. The second-order valence-electron chi connectivity index (χ2n) is 6.23. The number of nitriles is 2. The van der Waals surface area contributed by atoms with Crippen molar-refractivity contribution in [3.8, 4) is 29.0 Å². The second-order valence-corrected chi connectivity index (χ2v) is 6.23. The molecular weight excluding hydrogens is 330 g/mol. The molecule has 0 amide bonds. The maximum Gasteiger partial charge on any atom is 0.268 e. The van der Waals surface area contributed by atoms with Gasteiger partial charge in [0.25, 0.3) is 5.56 Å². The van der Waals surface area contributed by atoms with Gasteiger partial charge in [-0.1, -0.05) is 6.07 Å². The lowest BCUT2D eigenvalue weighted by atomic mass is 9.95. The number of anilines is 1. The number of ether oxygens (including phenoxy) is 1. The number of nitrogens with zero attached hydrogens (tertiary/aromatic N) is 3. The molecule has 0 saturated carbocycles. The third kappa shape index (κ3) is 3.13. The van der Waals surface area contributed by atoms with Gasteiger partial charge in [-0.3, -0.25) is 9.69 Å². The maximum atomic E-state index is 12.1. The van der Waals surface area contributed by atoms with Gasteiger partial charge in [0.2, 0.25) is 0 Å². The first kappa shape index (κ1) is 17.5. The Bertz CT molecular complexity index is 975. The summed E-state index contributed by atoms with van der Waals surface area (Å²) in [5.74, 6) is 0.693. The second kappa shape index (κ2) is 7.30. The Hall–Kier alpha value is -3.29. The summed E-state index contributed by atoms with van der Waals surface area (Å²) in [5.41, 5.74) is 6.99. The van der Waals surface area contributed by atoms with Crippen molar-refractivity contribution in [2.24, 2.45) is 0 Å². The van der Waals surface area contributed by atoms with Gasteiger partial charge < -0.3 is 15.5 Å². The van der Waals surface area contributed by atoms with Crippen LogP contribution in [0.3, 0.4) is 0 Å². The topological polar surface area (TPSA) is 119 Å². The lowest BCUT2D eigenvalue weighted by molar-refractivity contribution is 0.321. The number of nitrogens with one attached hydrogen (secondary N) is 1. The highest BCUT2D eigenvalue weighted by Crippen LogP contribution is 2.32. The normalized spacial score (nSPS) is 14.0. The number of aromatic amines is 1. The van der Waals surface area contributed by atoms with Crippen LogP contribution >= 0.6 is 0 Å². The Morgan fingerprint density at radius 1 is 1.23 bits per heavy atom. The zero-order chi connectivity index (χ0) is 18.7. The molecule has 0 aliphatic carbocycles. The van der Waals surface area contributed by atoms with Gasteiger partial charge in [-0.25, -0.2) is 0 Å². The third-order valence-corrected chi connectivity index (χ3v) is 4.63. The Morgan fingerprint density at radius 3 is 2.54 bits per heavy atom.